The van der Waals surface area contributed by atoms with Crippen LogP contribution in [0.5, 0.6) is 0 Å². The molecule has 1 aliphatic rings. The molecule has 1 saturated carbocycles. The van der Waals surface area contributed by atoms with E-state index in [0.29, 0.717) is 11.3 Å². The number of thioether (sulfide) groups is 1. The van der Waals surface area contributed by atoms with E-state index in [0.717, 1.165) is 40.1 Å². The van der Waals surface area contributed by atoms with E-state index < -0.39 is 34.7 Å². The highest BCUT2D eigenvalue weighted by molar-refractivity contribution is 8.01. The maximum absolute atomic E-state index is 14.0. The molecule has 1 unspecified atom stereocenters. The average molecular weight is 521 g/mol. The van der Waals surface area contributed by atoms with Crippen molar-refractivity contribution in [3.05, 3.63) is 47.8 Å². The molecule has 36 heavy (non-hydrogen) atoms. The van der Waals surface area contributed by atoms with Crippen molar-refractivity contribution in [3.63, 3.8) is 0 Å². The molecule has 1 aromatic heterocycles. The third-order valence-electron chi connectivity index (χ3n) is 6.19. The summed E-state index contributed by atoms with van der Waals surface area (Å²) in [6.45, 7) is 6.32. The molecule has 7 nitrogen and oxygen atoms in total. The predicted molar refractivity (Wildman–Crippen MR) is 130 cm³/mol. The fourth-order valence-electron chi connectivity index (χ4n) is 4.09. The number of carboxylic acid groups (broad SMARTS) is 1. The Kier molecular flexibility index (Phi) is 6.80. The van der Waals surface area contributed by atoms with E-state index in [1.165, 1.54) is 13.8 Å². The van der Waals surface area contributed by atoms with Crippen molar-refractivity contribution in [1.29, 1.82) is 0 Å². The van der Waals surface area contributed by atoms with Gasteiger partial charge in [-0.1, -0.05) is 55.9 Å². The van der Waals surface area contributed by atoms with Gasteiger partial charge in [-0.15, -0.1) is 10.2 Å². The van der Waals surface area contributed by atoms with Crippen LogP contribution in [0.1, 0.15) is 57.8 Å². The van der Waals surface area contributed by atoms with Crippen molar-refractivity contribution < 1.29 is 27.9 Å². The fourth-order valence-corrected chi connectivity index (χ4v) is 5.06. The first-order valence-electron chi connectivity index (χ1n) is 11.6. The number of hydrogen-bond acceptors (Lipinski definition) is 5. The molecule has 192 valence electrons. The van der Waals surface area contributed by atoms with Crippen LogP contribution in [0, 0.1) is 5.92 Å². The zero-order valence-corrected chi connectivity index (χ0v) is 21.1. The topological polar surface area (TPSA) is 97.1 Å². The number of alkyl halides is 3. The summed E-state index contributed by atoms with van der Waals surface area (Å²) in [5.41, 5.74) is 1.36. The summed E-state index contributed by atoms with van der Waals surface area (Å²) in [4.78, 5) is 24.5. The number of rotatable bonds is 8. The molecule has 0 saturated heterocycles. The van der Waals surface area contributed by atoms with Gasteiger partial charge in [-0.25, -0.2) is 4.79 Å². The smallest absolute Gasteiger partial charge is 0.452 e. The number of nitrogens with one attached hydrogen (secondary N) is 1. The molecule has 2 aromatic carbocycles. The molecule has 1 fully saturated rings. The zero-order chi connectivity index (χ0) is 26.4. The number of benzene rings is 2. The van der Waals surface area contributed by atoms with Crippen molar-refractivity contribution in [2.75, 3.05) is 0 Å². The molecule has 0 spiro atoms. The number of carboxylic acids is 1. The Bertz CT molecular complexity index is 1320. The summed E-state index contributed by atoms with van der Waals surface area (Å²) in [6, 6.07) is 9.63. The minimum Gasteiger partial charge on any atom is -0.480 e. The van der Waals surface area contributed by atoms with Crippen LogP contribution in [0.4, 0.5) is 13.2 Å². The van der Waals surface area contributed by atoms with E-state index in [-0.39, 0.29) is 16.8 Å². The quantitative estimate of drug-likeness (QED) is 0.386. The highest BCUT2D eigenvalue weighted by atomic mass is 32.2. The first-order chi connectivity index (χ1) is 16.8. The molecule has 0 bridgehead atoms. The standard InChI is InChI=1S/C25H27F3N4O3S/c1-13(2)19(20(33)34)29-22(35)24(3,4)36-23-31-30-21(25(26,27)28)32(23)18-12-11-15(14-9-10-14)16-7-5-6-8-17(16)18/h5-8,11-14,19H,9-10H2,1-4H3,(H,29,35)(H,33,34). The van der Waals surface area contributed by atoms with Crippen LogP contribution < -0.4 is 5.32 Å². The summed E-state index contributed by atoms with van der Waals surface area (Å²) in [7, 11) is 0. The van der Waals surface area contributed by atoms with Gasteiger partial charge in [0, 0.05) is 5.39 Å². The molecule has 1 amide bonds. The van der Waals surface area contributed by atoms with Gasteiger partial charge in [-0.2, -0.15) is 13.2 Å². The van der Waals surface area contributed by atoms with E-state index in [9.17, 15) is 27.9 Å². The number of aliphatic carboxylic acids is 1. The second-order valence-corrected chi connectivity index (χ2v) is 11.4. The maximum atomic E-state index is 14.0. The van der Waals surface area contributed by atoms with Gasteiger partial charge >= 0.3 is 12.1 Å². The molecule has 11 heteroatoms. The van der Waals surface area contributed by atoms with Gasteiger partial charge in [-0.3, -0.25) is 9.36 Å². The number of amides is 1. The minimum absolute atomic E-state index is 0.122. The number of hydrogen-bond donors (Lipinski definition) is 2. The fraction of sp³-hybridized carbons (Fsp3) is 0.440. The van der Waals surface area contributed by atoms with Crippen LogP contribution in [-0.2, 0) is 15.8 Å². The highest BCUT2D eigenvalue weighted by Crippen LogP contribution is 2.45. The van der Waals surface area contributed by atoms with E-state index in [4.69, 9.17) is 0 Å². The number of nitrogens with zero attached hydrogens (tertiary/aromatic N) is 3. The van der Waals surface area contributed by atoms with Crippen LogP contribution in [0.2, 0.25) is 0 Å². The molecule has 1 atom stereocenters. The second-order valence-electron chi connectivity index (χ2n) is 9.78. The second kappa shape index (κ2) is 9.42. The van der Waals surface area contributed by atoms with Crippen LogP contribution in [-0.4, -0.2) is 42.5 Å². The number of aromatic nitrogens is 3. The van der Waals surface area contributed by atoms with Gasteiger partial charge in [-0.05, 0) is 55.5 Å². The molecule has 1 aliphatic carbocycles. The number of carbonyl (C=O) groups excluding carboxylic acids is 1. The maximum Gasteiger partial charge on any atom is 0.452 e. The Morgan fingerprint density at radius 1 is 1.08 bits per heavy atom. The van der Waals surface area contributed by atoms with Gasteiger partial charge in [0.1, 0.15) is 6.04 Å². The normalized spacial score (nSPS) is 15.3. The van der Waals surface area contributed by atoms with Gasteiger partial charge in [0.2, 0.25) is 11.7 Å². The van der Waals surface area contributed by atoms with Gasteiger partial charge in [0.05, 0.1) is 10.4 Å². The van der Waals surface area contributed by atoms with Crippen LogP contribution in [0.3, 0.4) is 0 Å². The van der Waals surface area contributed by atoms with Crippen molar-refractivity contribution in [2.45, 2.75) is 68.6 Å². The number of fused-ring (bicyclic) bond motifs is 1. The Hall–Kier alpha value is -3.08. The Morgan fingerprint density at radius 2 is 1.72 bits per heavy atom. The molecular weight excluding hydrogens is 493 g/mol. The van der Waals surface area contributed by atoms with Gasteiger partial charge in [0.25, 0.3) is 0 Å². The monoisotopic (exact) mass is 520 g/mol. The van der Waals surface area contributed by atoms with Crippen molar-refractivity contribution in [3.8, 4) is 5.69 Å². The lowest BCUT2D eigenvalue weighted by Crippen LogP contribution is -2.50. The lowest BCUT2D eigenvalue weighted by molar-refractivity contribution is -0.146. The van der Waals surface area contributed by atoms with Crippen LogP contribution in [0.15, 0.2) is 41.6 Å². The first kappa shape index (κ1) is 26.0. The Labute approximate surface area is 210 Å². The van der Waals surface area contributed by atoms with Crippen LogP contribution in [0.25, 0.3) is 16.5 Å². The third-order valence-corrected chi connectivity index (χ3v) is 7.33. The summed E-state index contributed by atoms with van der Waals surface area (Å²) in [5.74, 6) is -3.01. The van der Waals surface area contributed by atoms with Gasteiger partial charge < -0.3 is 10.4 Å². The summed E-state index contributed by atoms with van der Waals surface area (Å²) in [6.07, 6.45) is -2.70. The van der Waals surface area contributed by atoms with Gasteiger partial charge in [0.15, 0.2) is 5.16 Å². The number of halogens is 3. The largest absolute Gasteiger partial charge is 0.480 e. The molecule has 1 heterocycles. The zero-order valence-electron chi connectivity index (χ0n) is 20.3. The summed E-state index contributed by atoms with van der Waals surface area (Å²) in [5, 5.41) is 20.5. The Morgan fingerprint density at radius 3 is 2.28 bits per heavy atom. The molecule has 0 radical (unpaired) electrons. The molecule has 2 N–H and O–H groups in total. The molecule has 3 aromatic rings. The Balaban J connectivity index is 1.79. The lowest BCUT2D eigenvalue weighted by atomic mass is 9.99. The predicted octanol–water partition coefficient (Wildman–Crippen LogP) is 5.41. The minimum atomic E-state index is -4.79. The lowest BCUT2D eigenvalue weighted by Gasteiger charge is -2.26. The van der Waals surface area contributed by atoms with E-state index >= 15 is 0 Å². The van der Waals surface area contributed by atoms with Crippen molar-refractivity contribution in [2.24, 2.45) is 5.92 Å². The summed E-state index contributed by atoms with van der Waals surface area (Å²) < 4.78 is 41.7. The van der Waals surface area contributed by atoms with E-state index in [1.54, 1.807) is 32.0 Å². The first-order valence-corrected chi connectivity index (χ1v) is 12.4. The molecule has 0 aliphatic heterocycles. The summed E-state index contributed by atoms with van der Waals surface area (Å²) >= 11 is 0.794. The highest BCUT2D eigenvalue weighted by Gasteiger charge is 2.42. The molecule has 4 rings (SSSR count). The average Bonchev–Trinajstić information content (AvgIpc) is 3.55. The SMILES string of the molecule is CC(C)C(NC(=O)C(C)(C)Sc1nnc(C(F)(F)F)n1-c1ccc(C2CC2)c2ccccc12)C(=O)O. The van der Waals surface area contributed by atoms with Crippen LogP contribution >= 0.6 is 11.8 Å². The number of carbonyl (C=O) groups is 2. The van der Waals surface area contributed by atoms with Crippen molar-refractivity contribution >= 4 is 34.4 Å². The van der Waals surface area contributed by atoms with E-state index in [2.05, 4.69) is 15.5 Å². The van der Waals surface area contributed by atoms with E-state index in [1.807, 2.05) is 18.2 Å². The van der Waals surface area contributed by atoms with Crippen molar-refractivity contribution in [1.82, 2.24) is 20.1 Å². The molecular formula is C25H27F3N4O3S. The third kappa shape index (κ3) is 5.07.